The van der Waals surface area contributed by atoms with E-state index in [-0.39, 0.29) is 24.6 Å². The van der Waals surface area contributed by atoms with E-state index in [1.165, 1.54) is 0 Å². The fraction of sp³-hybridized carbons (Fsp3) is 0.667. The summed E-state index contributed by atoms with van der Waals surface area (Å²) in [4.78, 5) is 22.2. The quantitative estimate of drug-likeness (QED) is 0.543. The zero-order valence-electron chi connectivity index (χ0n) is 9.66. The van der Waals surface area contributed by atoms with Gasteiger partial charge in [0.05, 0.1) is 6.61 Å². The molecule has 0 saturated carbocycles. The molecule has 0 aromatic rings. The van der Waals surface area contributed by atoms with Crippen LogP contribution in [0.15, 0.2) is 12.2 Å². The summed E-state index contributed by atoms with van der Waals surface area (Å²) in [5, 5.41) is 0. The Balaban J connectivity index is 2.23. The van der Waals surface area contributed by atoms with Crippen molar-refractivity contribution >= 4 is 11.9 Å². The maximum absolute atomic E-state index is 11.2. The molecule has 0 bridgehead atoms. The molecular formula is C12H18O4. The molecule has 0 aliphatic carbocycles. The predicted molar refractivity (Wildman–Crippen MR) is 58.7 cm³/mol. The number of ether oxygens (including phenoxy) is 2. The summed E-state index contributed by atoms with van der Waals surface area (Å²) in [6, 6.07) is 0. The molecule has 90 valence electrons. The van der Waals surface area contributed by atoms with Crippen LogP contribution in [0.4, 0.5) is 0 Å². The Hall–Kier alpha value is -1.32. The Morgan fingerprint density at radius 1 is 1.56 bits per heavy atom. The largest absolute Gasteiger partial charge is 0.462 e. The summed E-state index contributed by atoms with van der Waals surface area (Å²) in [7, 11) is 0. The Bertz CT molecular complexity index is 283. The van der Waals surface area contributed by atoms with E-state index < -0.39 is 0 Å². The maximum atomic E-state index is 11.2. The minimum absolute atomic E-state index is 0.104. The van der Waals surface area contributed by atoms with Gasteiger partial charge in [-0.15, -0.1) is 0 Å². The lowest BCUT2D eigenvalue weighted by Crippen LogP contribution is -2.19. The van der Waals surface area contributed by atoms with Gasteiger partial charge in [-0.3, -0.25) is 4.79 Å². The van der Waals surface area contributed by atoms with E-state index in [1.807, 2.05) is 0 Å². The van der Waals surface area contributed by atoms with E-state index in [4.69, 9.17) is 9.47 Å². The van der Waals surface area contributed by atoms with Crippen LogP contribution in [0.2, 0.25) is 0 Å². The molecule has 4 nitrogen and oxygen atoms in total. The van der Waals surface area contributed by atoms with Crippen molar-refractivity contribution in [3.63, 3.8) is 0 Å². The van der Waals surface area contributed by atoms with Gasteiger partial charge in [0.15, 0.2) is 0 Å². The number of carbonyl (C=O) groups excluding carboxylic acids is 2. The number of cyclic esters (lactones) is 1. The van der Waals surface area contributed by atoms with E-state index in [1.54, 1.807) is 6.92 Å². The second-order valence-electron chi connectivity index (χ2n) is 4.06. The predicted octanol–water partition coefficient (Wildman–Crippen LogP) is 1.98. The normalized spacial score (nSPS) is 20.8. The third-order valence-electron chi connectivity index (χ3n) is 2.48. The molecule has 1 aliphatic heterocycles. The van der Waals surface area contributed by atoms with Gasteiger partial charge in [-0.2, -0.15) is 0 Å². The van der Waals surface area contributed by atoms with Crippen LogP contribution in [0.5, 0.6) is 0 Å². The van der Waals surface area contributed by atoms with Crippen LogP contribution >= 0.6 is 0 Å². The lowest BCUT2D eigenvalue weighted by atomic mass is 10.1. The number of hydrogen-bond donors (Lipinski definition) is 0. The lowest BCUT2D eigenvalue weighted by Gasteiger charge is -2.14. The molecule has 0 aromatic heterocycles. The number of hydrogen-bond acceptors (Lipinski definition) is 4. The van der Waals surface area contributed by atoms with Crippen LogP contribution < -0.4 is 0 Å². The summed E-state index contributed by atoms with van der Waals surface area (Å²) >= 11 is 0. The SMILES string of the molecule is C=C(C)C(=O)OCCC1CCCCC(=O)O1. The first kappa shape index (κ1) is 12.7. The molecule has 1 rings (SSSR count). The van der Waals surface area contributed by atoms with Crippen LogP contribution in [0, 0.1) is 0 Å². The van der Waals surface area contributed by atoms with Gasteiger partial charge in [0.1, 0.15) is 6.10 Å². The third-order valence-corrected chi connectivity index (χ3v) is 2.48. The van der Waals surface area contributed by atoms with Crippen LogP contribution in [0.1, 0.15) is 39.0 Å². The molecule has 1 atom stereocenters. The van der Waals surface area contributed by atoms with Gasteiger partial charge in [0, 0.05) is 18.4 Å². The monoisotopic (exact) mass is 226 g/mol. The minimum Gasteiger partial charge on any atom is -0.462 e. The van der Waals surface area contributed by atoms with Gasteiger partial charge in [-0.1, -0.05) is 6.58 Å². The highest BCUT2D eigenvalue weighted by molar-refractivity contribution is 5.86. The van der Waals surface area contributed by atoms with E-state index in [9.17, 15) is 9.59 Å². The van der Waals surface area contributed by atoms with Crippen LogP contribution in [-0.4, -0.2) is 24.6 Å². The molecular weight excluding hydrogens is 208 g/mol. The van der Waals surface area contributed by atoms with Crippen molar-refractivity contribution in [1.29, 1.82) is 0 Å². The Kier molecular flexibility index (Phi) is 5.02. The van der Waals surface area contributed by atoms with Crippen LogP contribution in [0.3, 0.4) is 0 Å². The molecule has 1 aliphatic rings. The van der Waals surface area contributed by atoms with Gasteiger partial charge < -0.3 is 9.47 Å². The third kappa shape index (κ3) is 4.47. The van der Waals surface area contributed by atoms with Gasteiger partial charge >= 0.3 is 11.9 Å². The molecule has 0 aromatic carbocycles. The molecule has 0 amide bonds. The highest BCUT2D eigenvalue weighted by atomic mass is 16.6. The summed E-state index contributed by atoms with van der Waals surface area (Å²) in [5.74, 6) is -0.534. The second kappa shape index (κ2) is 6.30. The van der Waals surface area contributed by atoms with Gasteiger partial charge in [-0.05, 0) is 26.2 Å². The number of carbonyl (C=O) groups is 2. The molecule has 0 radical (unpaired) electrons. The molecule has 1 fully saturated rings. The Labute approximate surface area is 95.6 Å². The van der Waals surface area contributed by atoms with Crippen molar-refractivity contribution in [1.82, 2.24) is 0 Å². The highest BCUT2D eigenvalue weighted by Gasteiger charge is 2.18. The van der Waals surface area contributed by atoms with Crippen LogP contribution in [-0.2, 0) is 19.1 Å². The molecule has 16 heavy (non-hydrogen) atoms. The van der Waals surface area contributed by atoms with Crippen molar-refractivity contribution in [3.8, 4) is 0 Å². The van der Waals surface area contributed by atoms with Crippen molar-refractivity contribution < 1.29 is 19.1 Å². The van der Waals surface area contributed by atoms with E-state index in [2.05, 4.69) is 6.58 Å². The summed E-state index contributed by atoms with van der Waals surface area (Å²) in [5.41, 5.74) is 0.387. The molecule has 1 unspecified atom stereocenters. The summed E-state index contributed by atoms with van der Waals surface area (Å²) in [6.45, 7) is 5.37. The Morgan fingerprint density at radius 3 is 3.00 bits per heavy atom. The van der Waals surface area contributed by atoms with Gasteiger partial charge in [0.25, 0.3) is 0 Å². The molecule has 0 spiro atoms. The standard InChI is InChI=1S/C12H18O4/c1-9(2)12(14)15-8-7-10-5-3-4-6-11(13)16-10/h10H,1,3-8H2,2H3. The van der Waals surface area contributed by atoms with Crippen molar-refractivity contribution in [2.75, 3.05) is 6.61 Å². The fourth-order valence-corrected chi connectivity index (χ4v) is 1.55. The van der Waals surface area contributed by atoms with Gasteiger partial charge in [0.2, 0.25) is 0 Å². The van der Waals surface area contributed by atoms with Crippen molar-refractivity contribution in [2.45, 2.75) is 45.1 Å². The smallest absolute Gasteiger partial charge is 0.333 e. The first-order valence-corrected chi connectivity index (χ1v) is 5.61. The van der Waals surface area contributed by atoms with Crippen molar-refractivity contribution in [2.24, 2.45) is 0 Å². The van der Waals surface area contributed by atoms with E-state index in [0.29, 0.717) is 18.4 Å². The van der Waals surface area contributed by atoms with Crippen LogP contribution in [0.25, 0.3) is 0 Å². The molecule has 0 N–H and O–H groups in total. The molecule has 1 saturated heterocycles. The van der Waals surface area contributed by atoms with E-state index in [0.717, 1.165) is 19.3 Å². The average Bonchev–Trinajstić information content (AvgIpc) is 2.42. The Morgan fingerprint density at radius 2 is 2.31 bits per heavy atom. The maximum Gasteiger partial charge on any atom is 0.333 e. The van der Waals surface area contributed by atoms with E-state index >= 15 is 0 Å². The zero-order valence-corrected chi connectivity index (χ0v) is 9.66. The zero-order chi connectivity index (χ0) is 12.0. The molecule has 4 heteroatoms. The first-order valence-electron chi connectivity index (χ1n) is 5.61. The lowest BCUT2D eigenvalue weighted by molar-refractivity contribution is -0.149. The summed E-state index contributed by atoms with van der Waals surface area (Å²) < 4.78 is 10.2. The molecule has 1 heterocycles. The fourth-order valence-electron chi connectivity index (χ4n) is 1.55. The van der Waals surface area contributed by atoms with Crippen molar-refractivity contribution in [3.05, 3.63) is 12.2 Å². The second-order valence-corrected chi connectivity index (χ2v) is 4.06. The minimum atomic E-state index is -0.389. The highest BCUT2D eigenvalue weighted by Crippen LogP contribution is 2.16. The topological polar surface area (TPSA) is 52.6 Å². The average molecular weight is 226 g/mol. The van der Waals surface area contributed by atoms with Gasteiger partial charge in [-0.25, -0.2) is 4.79 Å². The number of esters is 2. The number of rotatable bonds is 4. The summed E-state index contributed by atoms with van der Waals surface area (Å²) in [6.07, 6.45) is 3.71. The first-order chi connectivity index (χ1) is 7.59.